The van der Waals surface area contributed by atoms with Gasteiger partial charge >= 0.3 is 0 Å². The molecule has 0 bridgehead atoms. The first kappa shape index (κ1) is 13.3. The van der Waals surface area contributed by atoms with E-state index in [-0.39, 0.29) is 0 Å². The summed E-state index contributed by atoms with van der Waals surface area (Å²) in [5.41, 5.74) is 1.14. The highest BCUT2D eigenvalue weighted by atomic mass is 15.2. The van der Waals surface area contributed by atoms with E-state index < -0.39 is 0 Å². The number of nitrogens with one attached hydrogen (secondary N) is 1. The quantitative estimate of drug-likeness (QED) is 0.886. The molecule has 1 N–H and O–H groups in total. The number of rotatable bonds is 4. The third-order valence-corrected chi connectivity index (χ3v) is 3.58. The minimum Gasteiger partial charge on any atom is -0.354 e. The second-order valence-corrected chi connectivity index (χ2v) is 5.56. The number of nitrogens with zero attached hydrogens (tertiary/aromatic N) is 2. The number of hydrogen-bond donors (Lipinski definition) is 1. The molecule has 1 aliphatic heterocycles. The van der Waals surface area contributed by atoms with Gasteiger partial charge in [0.05, 0.1) is 5.69 Å². The Hall–Kier alpha value is -1.09. The molecule has 0 spiro atoms. The van der Waals surface area contributed by atoms with Crippen LogP contribution >= 0.6 is 0 Å². The minimum atomic E-state index is 0.504. The molecule has 1 aromatic rings. The molecule has 0 radical (unpaired) electrons. The van der Waals surface area contributed by atoms with Crippen molar-refractivity contribution in [2.45, 2.75) is 58.7 Å². The van der Waals surface area contributed by atoms with Crippen LogP contribution in [0.5, 0.6) is 0 Å². The fraction of sp³-hybridized carbons (Fsp3) is 0.667. The van der Waals surface area contributed by atoms with E-state index in [0.717, 1.165) is 24.6 Å². The summed E-state index contributed by atoms with van der Waals surface area (Å²) in [6.45, 7) is 8.63. The number of hydrogen-bond acceptors (Lipinski definition) is 3. The van der Waals surface area contributed by atoms with Crippen molar-refractivity contribution in [2.24, 2.45) is 0 Å². The molecule has 18 heavy (non-hydrogen) atoms. The normalized spacial score (nSPS) is 20.4. The third-order valence-electron chi connectivity index (χ3n) is 3.58. The van der Waals surface area contributed by atoms with Crippen LogP contribution < -0.4 is 10.2 Å². The Morgan fingerprint density at radius 1 is 1.39 bits per heavy atom. The number of aromatic nitrogens is 1. The zero-order chi connectivity index (χ0) is 13.0. The van der Waals surface area contributed by atoms with Gasteiger partial charge in [0.25, 0.3) is 0 Å². The molecule has 0 aromatic carbocycles. The van der Waals surface area contributed by atoms with Crippen LogP contribution in [0.3, 0.4) is 0 Å². The first-order chi connectivity index (χ1) is 8.66. The van der Waals surface area contributed by atoms with Crippen LogP contribution in [0.15, 0.2) is 18.2 Å². The van der Waals surface area contributed by atoms with Crippen LogP contribution in [0.1, 0.15) is 45.7 Å². The van der Waals surface area contributed by atoms with Crippen molar-refractivity contribution in [1.82, 2.24) is 10.3 Å². The summed E-state index contributed by atoms with van der Waals surface area (Å²) in [6, 6.07) is 7.50. The summed E-state index contributed by atoms with van der Waals surface area (Å²) < 4.78 is 0. The van der Waals surface area contributed by atoms with Crippen LogP contribution in [0.4, 0.5) is 5.82 Å². The molecule has 1 aliphatic rings. The molecule has 1 atom stereocenters. The zero-order valence-corrected chi connectivity index (χ0v) is 11.8. The molecule has 3 heteroatoms. The van der Waals surface area contributed by atoms with Crippen molar-refractivity contribution in [3.63, 3.8) is 0 Å². The molecule has 1 unspecified atom stereocenters. The van der Waals surface area contributed by atoms with Gasteiger partial charge in [-0.25, -0.2) is 4.98 Å². The van der Waals surface area contributed by atoms with E-state index >= 15 is 0 Å². The van der Waals surface area contributed by atoms with Crippen LogP contribution in [0.2, 0.25) is 0 Å². The van der Waals surface area contributed by atoms with E-state index in [0.29, 0.717) is 12.1 Å². The van der Waals surface area contributed by atoms with Gasteiger partial charge in [-0.05, 0) is 38.3 Å². The van der Waals surface area contributed by atoms with Crippen molar-refractivity contribution < 1.29 is 0 Å². The summed E-state index contributed by atoms with van der Waals surface area (Å²) in [7, 11) is 0. The SMILES string of the molecule is CC(C)NCc1cccc(N2CCCCC2C)n1. The average molecular weight is 247 g/mol. The molecule has 100 valence electrons. The second-order valence-electron chi connectivity index (χ2n) is 5.56. The van der Waals surface area contributed by atoms with Crippen molar-refractivity contribution in [3.05, 3.63) is 23.9 Å². The molecular formula is C15H25N3. The number of anilines is 1. The Kier molecular flexibility index (Phi) is 4.59. The summed E-state index contributed by atoms with van der Waals surface area (Å²) in [6.07, 6.45) is 3.93. The van der Waals surface area contributed by atoms with Crippen molar-refractivity contribution in [3.8, 4) is 0 Å². The van der Waals surface area contributed by atoms with Gasteiger partial charge in [-0.15, -0.1) is 0 Å². The molecule has 0 aliphatic carbocycles. The highest BCUT2D eigenvalue weighted by Crippen LogP contribution is 2.22. The number of pyridine rings is 1. The molecule has 3 nitrogen and oxygen atoms in total. The molecule has 2 rings (SSSR count). The summed E-state index contributed by atoms with van der Waals surface area (Å²) >= 11 is 0. The van der Waals surface area contributed by atoms with Crippen LogP contribution in [-0.2, 0) is 6.54 Å². The highest BCUT2D eigenvalue weighted by molar-refractivity contribution is 5.40. The molecule has 1 saturated heterocycles. The van der Waals surface area contributed by atoms with E-state index in [4.69, 9.17) is 4.98 Å². The maximum absolute atomic E-state index is 4.78. The van der Waals surface area contributed by atoms with Gasteiger partial charge in [-0.1, -0.05) is 19.9 Å². The first-order valence-corrected chi connectivity index (χ1v) is 7.13. The van der Waals surface area contributed by atoms with E-state index in [2.05, 4.69) is 49.2 Å². The third kappa shape index (κ3) is 3.45. The molecule has 1 fully saturated rings. The summed E-state index contributed by atoms with van der Waals surface area (Å²) in [5.74, 6) is 1.14. The zero-order valence-electron chi connectivity index (χ0n) is 11.8. The lowest BCUT2D eigenvalue weighted by molar-refractivity contribution is 0.480. The molecular weight excluding hydrogens is 222 g/mol. The predicted molar refractivity (Wildman–Crippen MR) is 76.9 cm³/mol. The van der Waals surface area contributed by atoms with Gasteiger partial charge in [0.15, 0.2) is 0 Å². The van der Waals surface area contributed by atoms with Crippen LogP contribution in [0, 0.1) is 0 Å². The topological polar surface area (TPSA) is 28.2 Å². The summed E-state index contributed by atoms with van der Waals surface area (Å²) in [4.78, 5) is 7.23. The standard InChI is InChI=1S/C15H25N3/c1-12(2)16-11-14-8-6-9-15(17-14)18-10-5-4-7-13(18)3/h6,8-9,12-13,16H,4-5,7,10-11H2,1-3H3. The molecule has 1 aromatic heterocycles. The minimum absolute atomic E-state index is 0.504. The fourth-order valence-corrected chi connectivity index (χ4v) is 2.47. The molecule has 0 saturated carbocycles. The first-order valence-electron chi connectivity index (χ1n) is 7.13. The van der Waals surface area contributed by atoms with Gasteiger partial charge in [-0.3, -0.25) is 0 Å². The lowest BCUT2D eigenvalue weighted by Gasteiger charge is -2.34. The Labute approximate surface area is 111 Å². The molecule has 0 amide bonds. The Balaban J connectivity index is 2.06. The maximum atomic E-state index is 4.78. The summed E-state index contributed by atoms with van der Waals surface area (Å²) in [5, 5.41) is 3.42. The lowest BCUT2D eigenvalue weighted by Crippen LogP contribution is -2.38. The van der Waals surface area contributed by atoms with Crippen LogP contribution in [-0.4, -0.2) is 23.6 Å². The predicted octanol–water partition coefficient (Wildman–Crippen LogP) is 2.96. The average Bonchev–Trinajstić information content (AvgIpc) is 2.37. The fourth-order valence-electron chi connectivity index (χ4n) is 2.47. The Bertz CT molecular complexity index is 376. The van der Waals surface area contributed by atoms with Gasteiger partial charge in [0, 0.05) is 25.2 Å². The van der Waals surface area contributed by atoms with Gasteiger partial charge < -0.3 is 10.2 Å². The van der Waals surface area contributed by atoms with Gasteiger partial charge in [-0.2, -0.15) is 0 Å². The Morgan fingerprint density at radius 2 is 2.22 bits per heavy atom. The smallest absolute Gasteiger partial charge is 0.129 e. The van der Waals surface area contributed by atoms with Crippen LogP contribution in [0.25, 0.3) is 0 Å². The van der Waals surface area contributed by atoms with E-state index in [1.807, 2.05) is 0 Å². The largest absolute Gasteiger partial charge is 0.354 e. The van der Waals surface area contributed by atoms with E-state index in [1.165, 1.54) is 19.3 Å². The van der Waals surface area contributed by atoms with E-state index in [9.17, 15) is 0 Å². The monoisotopic (exact) mass is 247 g/mol. The maximum Gasteiger partial charge on any atom is 0.129 e. The Morgan fingerprint density at radius 3 is 2.94 bits per heavy atom. The van der Waals surface area contributed by atoms with Crippen molar-refractivity contribution in [1.29, 1.82) is 0 Å². The van der Waals surface area contributed by atoms with E-state index in [1.54, 1.807) is 0 Å². The van der Waals surface area contributed by atoms with Gasteiger partial charge in [0.1, 0.15) is 5.82 Å². The molecule has 2 heterocycles. The van der Waals surface area contributed by atoms with Crippen molar-refractivity contribution >= 4 is 5.82 Å². The van der Waals surface area contributed by atoms with Crippen molar-refractivity contribution in [2.75, 3.05) is 11.4 Å². The second kappa shape index (κ2) is 6.19. The number of piperidine rings is 1. The highest BCUT2D eigenvalue weighted by Gasteiger charge is 2.19. The van der Waals surface area contributed by atoms with Gasteiger partial charge in [0.2, 0.25) is 0 Å². The lowest BCUT2D eigenvalue weighted by atomic mass is 10.0.